The topological polar surface area (TPSA) is 66.8 Å². The maximum atomic E-state index is 11.7. The standard InChI is InChI=1S/C13H13NO4/c15-11-6-7-12(16)14(8-11)13(17)18-9-10-4-2-1-3-5-10/h1-7,12,16H,8-9H2. The largest absolute Gasteiger partial charge is 0.444 e. The SMILES string of the molecule is O=C1C=CC(O)N(C(=O)OCc2ccccc2)C1. The second-order valence-electron chi connectivity index (χ2n) is 3.91. The minimum Gasteiger partial charge on any atom is -0.444 e. The molecule has 0 bridgehead atoms. The second-order valence-corrected chi connectivity index (χ2v) is 3.91. The number of amides is 1. The molecule has 0 spiro atoms. The molecule has 1 aliphatic rings. The van der Waals surface area contributed by atoms with E-state index in [0.29, 0.717) is 0 Å². The van der Waals surface area contributed by atoms with Crippen molar-refractivity contribution in [2.45, 2.75) is 12.8 Å². The van der Waals surface area contributed by atoms with Crippen LogP contribution in [-0.4, -0.2) is 34.7 Å². The fraction of sp³-hybridized carbons (Fsp3) is 0.231. The molecule has 5 heteroatoms. The molecule has 0 fully saturated rings. The highest BCUT2D eigenvalue weighted by molar-refractivity contribution is 5.94. The first-order chi connectivity index (χ1) is 8.66. The van der Waals surface area contributed by atoms with Crippen molar-refractivity contribution in [2.75, 3.05) is 6.54 Å². The molecule has 0 aliphatic carbocycles. The minimum absolute atomic E-state index is 0.112. The Morgan fingerprint density at radius 1 is 1.39 bits per heavy atom. The fourth-order valence-corrected chi connectivity index (χ4v) is 1.59. The molecule has 2 rings (SSSR count). The van der Waals surface area contributed by atoms with Crippen LogP contribution in [0.3, 0.4) is 0 Å². The Morgan fingerprint density at radius 2 is 2.11 bits per heavy atom. The summed E-state index contributed by atoms with van der Waals surface area (Å²) >= 11 is 0. The number of aliphatic hydroxyl groups excluding tert-OH is 1. The van der Waals surface area contributed by atoms with Gasteiger partial charge in [0, 0.05) is 0 Å². The molecule has 1 unspecified atom stereocenters. The molecule has 0 radical (unpaired) electrons. The zero-order valence-corrected chi connectivity index (χ0v) is 9.65. The van der Waals surface area contributed by atoms with Crippen LogP contribution in [0.2, 0.25) is 0 Å². The van der Waals surface area contributed by atoms with E-state index in [9.17, 15) is 14.7 Å². The van der Waals surface area contributed by atoms with Crippen LogP contribution >= 0.6 is 0 Å². The van der Waals surface area contributed by atoms with Crippen LogP contribution in [0.1, 0.15) is 5.56 Å². The maximum Gasteiger partial charge on any atom is 0.412 e. The van der Waals surface area contributed by atoms with Crippen LogP contribution in [0, 0.1) is 0 Å². The van der Waals surface area contributed by atoms with Crippen molar-refractivity contribution in [1.82, 2.24) is 4.90 Å². The molecule has 1 heterocycles. The van der Waals surface area contributed by atoms with E-state index in [0.717, 1.165) is 10.5 Å². The fourth-order valence-electron chi connectivity index (χ4n) is 1.59. The molecular formula is C13H13NO4. The van der Waals surface area contributed by atoms with Gasteiger partial charge in [0.2, 0.25) is 0 Å². The number of rotatable bonds is 2. The number of benzene rings is 1. The van der Waals surface area contributed by atoms with E-state index in [-0.39, 0.29) is 18.9 Å². The summed E-state index contributed by atoms with van der Waals surface area (Å²) in [6.45, 7) is -0.0495. The molecule has 1 aromatic carbocycles. The molecule has 1 aliphatic heterocycles. The molecule has 1 amide bonds. The minimum atomic E-state index is -1.11. The van der Waals surface area contributed by atoms with Gasteiger partial charge >= 0.3 is 6.09 Å². The van der Waals surface area contributed by atoms with Gasteiger partial charge in [-0.3, -0.25) is 9.69 Å². The predicted octanol–water partition coefficient (Wildman–Crippen LogP) is 1.08. The van der Waals surface area contributed by atoms with Crippen molar-refractivity contribution in [3.8, 4) is 0 Å². The van der Waals surface area contributed by atoms with Gasteiger partial charge in [-0.1, -0.05) is 30.3 Å². The zero-order valence-electron chi connectivity index (χ0n) is 9.65. The molecule has 1 atom stereocenters. The third kappa shape index (κ3) is 2.95. The molecule has 0 saturated heterocycles. The smallest absolute Gasteiger partial charge is 0.412 e. The van der Waals surface area contributed by atoms with Crippen LogP contribution in [-0.2, 0) is 16.1 Å². The zero-order chi connectivity index (χ0) is 13.0. The van der Waals surface area contributed by atoms with Crippen molar-refractivity contribution >= 4 is 11.9 Å². The van der Waals surface area contributed by atoms with Crippen LogP contribution < -0.4 is 0 Å². The quantitative estimate of drug-likeness (QED) is 0.849. The van der Waals surface area contributed by atoms with E-state index in [4.69, 9.17) is 4.74 Å². The summed E-state index contributed by atoms with van der Waals surface area (Å²) in [5.41, 5.74) is 0.846. The summed E-state index contributed by atoms with van der Waals surface area (Å²) in [6, 6.07) is 9.19. The lowest BCUT2D eigenvalue weighted by Crippen LogP contribution is -2.44. The van der Waals surface area contributed by atoms with Gasteiger partial charge in [0.1, 0.15) is 6.61 Å². The third-order valence-electron chi connectivity index (χ3n) is 2.54. The Bertz CT molecular complexity index is 469. The molecule has 0 saturated carbocycles. The Kier molecular flexibility index (Phi) is 3.74. The number of hydrogen-bond donors (Lipinski definition) is 1. The first-order valence-corrected chi connectivity index (χ1v) is 5.53. The van der Waals surface area contributed by atoms with Gasteiger partial charge in [-0.25, -0.2) is 4.79 Å². The number of ketones is 1. The van der Waals surface area contributed by atoms with Gasteiger partial charge in [-0.15, -0.1) is 0 Å². The highest BCUT2D eigenvalue weighted by Crippen LogP contribution is 2.09. The Hall–Kier alpha value is -2.14. The van der Waals surface area contributed by atoms with Gasteiger partial charge in [-0.2, -0.15) is 0 Å². The van der Waals surface area contributed by atoms with Crippen molar-refractivity contribution < 1.29 is 19.4 Å². The van der Waals surface area contributed by atoms with Crippen LogP contribution in [0.5, 0.6) is 0 Å². The molecular weight excluding hydrogens is 234 g/mol. The van der Waals surface area contributed by atoms with E-state index < -0.39 is 12.3 Å². The molecule has 18 heavy (non-hydrogen) atoms. The normalized spacial score (nSPS) is 18.8. The van der Waals surface area contributed by atoms with E-state index in [1.165, 1.54) is 12.2 Å². The summed E-state index contributed by atoms with van der Waals surface area (Å²) in [7, 11) is 0. The van der Waals surface area contributed by atoms with Crippen LogP contribution in [0.15, 0.2) is 42.5 Å². The molecule has 1 aromatic rings. The third-order valence-corrected chi connectivity index (χ3v) is 2.54. The maximum absolute atomic E-state index is 11.7. The van der Waals surface area contributed by atoms with E-state index >= 15 is 0 Å². The van der Waals surface area contributed by atoms with Crippen molar-refractivity contribution in [2.24, 2.45) is 0 Å². The summed E-state index contributed by atoms with van der Waals surface area (Å²) in [6.07, 6.45) is 0.705. The predicted molar refractivity (Wildman–Crippen MR) is 63.5 cm³/mol. The van der Waals surface area contributed by atoms with Gasteiger partial charge < -0.3 is 9.84 Å². The summed E-state index contributed by atoms with van der Waals surface area (Å²) in [4.78, 5) is 23.8. The lowest BCUT2D eigenvalue weighted by Gasteiger charge is -2.26. The van der Waals surface area contributed by atoms with E-state index in [1.807, 2.05) is 30.3 Å². The van der Waals surface area contributed by atoms with Crippen LogP contribution in [0.25, 0.3) is 0 Å². The van der Waals surface area contributed by atoms with Crippen molar-refractivity contribution in [1.29, 1.82) is 0 Å². The van der Waals surface area contributed by atoms with E-state index in [1.54, 1.807) is 0 Å². The lowest BCUT2D eigenvalue weighted by molar-refractivity contribution is -0.118. The highest BCUT2D eigenvalue weighted by Gasteiger charge is 2.26. The van der Waals surface area contributed by atoms with Gasteiger partial charge in [0.05, 0.1) is 6.54 Å². The average molecular weight is 247 g/mol. The highest BCUT2D eigenvalue weighted by atomic mass is 16.6. The lowest BCUT2D eigenvalue weighted by atomic mass is 10.2. The van der Waals surface area contributed by atoms with E-state index in [2.05, 4.69) is 0 Å². The van der Waals surface area contributed by atoms with Gasteiger partial charge in [0.15, 0.2) is 12.0 Å². The average Bonchev–Trinajstić information content (AvgIpc) is 2.40. The van der Waals surface area contributed by atoms with Crippen LogP contribution in [0.4, 0.5) is 4.79 Å². The Morgan fingerprint density at radius 3 is 2.83 bits per heavy atom. The number of ether oxygens (including phenoxy) is 1. The summed E-state index contributed by atoms with van der Waals surface area (Å²) in [5, 5.41) is 9.54. The Balaban J connectivity index is 1.92. The first-order valence-electron chi connectivity index (χ1n) is 5.53. The monoisotopic (exact) mass is 247 g/mol. The molecule has 1 N–H and O–H groups in total. The van der Waals surface area contributed by atoms with Gasteiger partial charge in [-0.05, 0) is 17.7 Å². The Labute approximate surface area is 104 Å². The molecule has 5 nitrogen and oxygen atoms in total. The first kappa shape index (κ1) is 12.3. The number of hydrogen-bond acceptors (Lipinski definition) is 4. The molecule has 94 valence electrons. The van der Waals surface area contributed by atoms with Gasteiger partial charge in [0.25, 0.3) is 0 Å². The van der Waals surface area contributed by atoms with Crippen molar-refractivity contribution in [3.05, 3.63) is 48.0 Å². The number of aliphatic hydroxyl groups is 1. The summed E-state index contributed by atoms with van der Waals surface area (Å²) < 4.78 is 5.03. The second kappa shape index (κ2) is 5.46. The number of carbonyl (C=O) groups is 2. The number of nitrogens with zero attached hydrogens (tertiary/aromatic N) is 1. The van der Waals surface area contributed by atoms with Crippen molar-refractivity contribution in [3.63, 3.8) is 0 Å². The summed E-state index contributed by atoms with van der Waals surface area (Å²) in [5.74, 6) is -0.239. The number of carbonyl (C=O) groups excluding carboxylic acids is 2. The molecule has 0 aromatic heterocycles.